The molecule has 0 radical (unpaired) electrons. The number of H-pyrrole nitrogens is 1. The van der Waals surface area contributed by atoms with E-state index >= 15 is 0 Å². The van der Waals surface area contributed by atoms with Crippen molar-refractivity contribution in [2.75, 3.05) is 0 Å². The Hall–Kier alpha value is -2.55. The molecule has 3 rings (SSSR count). The van der Waals surface area contributed by atoms with Gasteiger partial charge in [0.2, 0.25) is 0 Å². The van der Waals surface area contributed by atoms with Gasteiger partial charge < -0.3 is 4.98 Å². The number of hydrogen-bond donors (Lipinski definition) is 1. The fraction of sp³-hybridized carbons (Fsp3) is 0.357. The molecule has 0 aromatic carbocycles. The van der Waals surface area contributed by atoms with Crippen LogP contribution in [0, 0.1) is 37.8 Å². The molecule has 0 bridgehead atoms. The van der Waals surface area contributed by atoms with Crippen LogP contribution in [-0.2, 0) is 6.54 Å². The third-order valence-corrected chi connectivity index (χ3v) is 5.01. The van der Waals surface area contributed by atoms with E-state index in [2.05, 4.69) is 15.1 Å². The van der Waals surface area contributed by atoms with Gasteiger partial charge in [-0.25, -0.2) is 4.98 Å². The number of rotatable bonds is 3. The van der Waals surface area contributed by atoms with E-state index < -0.39 is 4.92 Å². The average molecular weight is 333 g/mol. The van der Waals surface area contributed by atoms with Crippen molar-refractivity contribution in [2.45, 2.75) is 34.2 Å². The number of fused-ring (bicyclic) bond motifs is 1. The van der Waals surface area contributed by atoms with Gasteiger partial charge in [-0.05, 0) is 33.3 Å². The molecule has 0 fully saturated rings. The molecule has 3 heterocycles. The number of nitro groups is 1. The highest BCUT2D eigenvalue weighted by molar-refractivity contribution is 7.18. The molecular formula is C14H15N5O3S. The van der Waals surface area contributed by atoms with Crippen molar-refractivity contribution in [1.29, 1.82) is 0 Å². The second kappa shape index (κ2) is 5.27. The highest BCUT2D eigenvalue weighted by Crippen LogP contribution is 2.26. The zero-order valence-electron chi connectivity index (χ0n) is 13.1. The maximum Gasteiger partial charge on any atom is 0.312 e. The molecule has 9 heteroatoms. The summed E-state index contributed by atoms with van der Waals surface area (Å²) in [7, 11) is 0. The normalized spacial score (nSPS) is 11.3. The van der Waals surface area contributed by atoms with Gasteiger partial charge in [-0.1, -0.05) is 0 Å². The lowest BCUT2D eigenvalue weighted by Gasteiger charge is -2.03. The van der Waals surface area contributed by atoms with Crippen LogP contribution in [0.1, 0.15) is 27.7 Å². The van der Waals surface area contributed by atoms with Crippen LogP contribution in [0.25, 0.3) is 10.2 Å². The van der Waals surface area contributed by atoms with Gasteiger partial charge in [-0.3, -0.25) is 19.6 Å². The average Bonchev–Trinajstić information content (AvgIpc) is 2.87. The van der Waals surface area contributed by atoms with Crippen molar-refractivity contribution in [2.24, 2.45) is 0 Å². The quantitative estimate of drug-likeness (QED) is 0.585. The Balaban J connectivity index is 2.08. The lowest BCUT2D eigenvalue weighted by Crippen LogP contribution is -2.15. The molecule has 0 aliphatic rings. The first-order valence-electron chi connectivity index (χ1n) is 6.97. The fourth-order valence-electron chi connectivity index (χ4n) is 2.62. The van der Waals surface area contributed by atoms with Crippen molar-refractivity contribution in [3.05, 3.63) is 48.1 Å². The summed E-state index contributed by atoms with van der Waals surface area (Å²) >= 11 is 1.47. The molecule has 0 aliphatic carbocycles. The molecule has 23 heavy (non-hydrogen) atoms. The molecule has 0 atom stereocenters. The van der Waals surface area contributed by atoms with Crippen LogP contribution < -0.4 is 5.56 Å². The van der Waals surface area contributed by atoms with E-state index in [0.29, 0.717) is 27.4 Å². The number of nitrogens with zero attached hydrogens (tertiary/aromatic N) is 4. The van der Waals surface area contributed by atoms with Crippen LogP contribution in [-0.4, -0.2) is 24.7 Å². The van der Waals surface area contributed by atoms with Gasteiger partial charge in [-0.15, -0.1) is 11.3 Å². The SMILES string of the molecule is Cc1nn(Cc2nc3sc(C)c(C)c3c(=O)[nH]2)c(C)c1[N+](=O)[O-]. The smallest absolute Gasteiger partial charge is 0.308 e. The fourth-order valence-corrected chi connectivity index (χ4v) is 3.67. The van der Waals surface area contributed by atoms with Crippen molar-refractivity contribution < 1.29 is 4.92 Å². The molecule has 0 saturated carbocycles. The first-order chi connectivity index (χ1) is 10.8. The number of aryl methyl sites for hydroxylation is 3. The summed E-state index contributed by atoms with van der Waals surface area (Å²) in [6, 6.07) is 0. The first-order valence-corrected chi connectivity index (χ1v) is 7.78. The van der Waals surface area contributed by atoms with E-state index in [1.54, 1.807) is 13.8 Å². The molecule has 0 unspecified atom stereocenters. The minimum absolute atomic E-state index is 0.00348. The Morgan fingerprint density at radius 1 is 1.30 bits per heavy atom. The summed E-state index contributed by atoms with van der Waals surface area (Å²) in [5, 5.41) is 15.8. The zero-order chi connectivity index (χ0) is 16.9. The van der Waals surface area contributed by atoms with Gasteiger partial charge in [0.25, 0.3) is 5.56 Å². The summed E-state index contributed by atoms with van der Waals surface area (Å²) < 4.78 is 1.49. The molecule has 8 nitrogen and oxygen atoms in total. The third kappa shape index (κ3) is 2.42. The maximum atomic E-state index is 12.3. The predicted octanol–water partition coefficient (Wildman–Crippen LogP) is 2.37. The summed E-state index contributed by atoms with van der Waals surface area (Å²) in [6.07, 6.45) is 0. The highest BCUT2D eigenvalue weighted by atomic mass is 32.1. The van der Waals surface area contributed by atoms with Crippen molar-refractivity contribution in [3.8, 4) is 0 Å². The van der Waals surface area contributed by atoms with E-state index in [1.165, 1.54) is 16.0 Å². The van der Waals surface area contributed by atoms with Gasteiger partial charge >= 0.3 is 5.69 Å². The highest BCUT2D eigenvalue weighted by Gasteiger charge is 2.22. The van der Waals surface area contributed by atoms with Gasteiger partial charge in [0.1, 0.15) is 22.0 Å². The van der Waals surface area contributed by atoms with Crippen molar-refractivity contribution in [1.82, 2.24) is 19.7 Å². The molecule has 1 N–H and O–H groups in total. The summed E-state index contributed by atoms with van der Waals surface area (Å²) in [6.45, 7) is 7.25. The monoisotopic (exact) mass is 333 g/mol. The summed E-state index contributed by atoms with van der Waals surface area (Å²) in [5.41, 5.74) is 1.53. The second-order valence-electron chi connectivity index (χ2n) is 5.41. The van der Waals surface area contributed by atoms with E-state index in [4.69, 9.17) is 0 Å². The van der Waals surface area contributed by atoms with Crippen LogP contribution in [0.3, 0.4) is 0 Å². The number of thiophene rings is 1. The molecule has 3 aromatic heterocycles. The Bertz CT molecular complexity index is 998. The van der Waals surface area contributed by atoms with Crippen LogP contribution in [0.4, 0.5) is 5.69 Å². The number of aromatic nitrogens is 4. The molecule has 0 amide bonds. The topological polar surface area (TPSA) is 107 Å². The van der Waals surface area contributed by atoms with E-state index in [1.807, 2.05) is 13.8 Å². The first kappa shape index (κ1) is 15.3. The minimum atomic E-state index is -0.445. The van der Waals surface area contributed by atoms with Crippen LogP contribution in [0.5, 0.6) is 0 Å². The molecule has 0 aliphatic heterocycles. The van der Waals surface area contributed by atoms with Gasteiger partial charge in [0.05, 0.1) is 16.9 Å². The van der Waals surface area contributed by atoms with E-state index in [9.17, 15) is 14.9 Å². The Labute approximate surface area is 134 Å². The Morgan fingerprint density at radius 3 is 2.61 bits per heavy atom. The summed E-state index contributed by atoms with van der Waals surface area (Å²) in [4.78, 5) is 31.8. The van der Waals surface area contributed by atoms with Crippen molar-refractivity contribution >= 4 is 27.2 Å². The lowest BCUT2D eigenvalue weighted by atomic mass is 10.2. The second-order valence-corrected chi connectivity index (χ2v) is 6.61. The molecule has 0 saturated heterocycles. The standard InChI is InChI=1S/C14H15N5O3S/c1-6-9(4)23-14-11(6)13(20)15-10(16-14)5-18-8(3)12(19(21)22)7(2)17-18/h5H2,1-4H3,(H,15,16,20). The van der Waals surface area contributed by atoms with Gasteiger partial charge in [0.15, 0.2) is 0 Å². The zero-order valence-corrected chi connectivity index (χ0v) is 13.9. The molecule has 120 valence electrons. The number of hydrogen-bond acceptors (Lipinski definition) is 6. The van der Waals surface area contributed by atoms with E-state index in [0.717, 1.165) is 10.4 Å². The third-order valence-electron chi connectivity index (χ3n) is 3.91. The number of nitrogens with one attached hydrogen (secondary N) is 1. The predicted molar refractivity (Wildman–Crippen MR) is 87.2 cm³/mol. The Kier molecular flexibility index (Phi) is 3.52. The minimum Gasteiger partial charge on any atom is -0.308 e. The summed E-state index contributed by atoms with van der Waals surface area (Å²) in [5.74, 6) is 0.434. The van der Waals surface area contributed by atoms with Crippen LogP contribution in [0.2, 0.25) is 0 Å². The van der Waals surface area contributed by atoms with Crippen molar-refractivity contribution in [3.63, 3.8) is 0 Å². The largest absolute Gasteiger partial charge is 0.312 e. The molecule has 0 spiro atoms. The van der Waals surface area contributed by atoms with Crippen LogP contribution in [0.15, 0.2) is 4.79 Å². The maximum absolute atomic E-state index is 12.3. The van der Waals surface area contributed by atoms with Gasteiger partial charge in [0, 0.05) is 4.88 Å². The van der Waals surface area contributed by atoms with Gasteiger partial charge in [-0.2, -0.15) is 5.10 Å². The Morgan fingerprint density at radius 2 is 2.00 bits per heavy atom. The lowest BCUT2D eigenvalue weighted by molar-refractivity contribution is -0.386. The molecular weight excluding hydrogens is 318 g/mol. The van der Waals surface area contributed by atoms with Crippen LogP contribution >= 0.6 is 11.3 Å². The van der Waals surface area contributed by atoms with E-state index in [-0.39, 0.29) is 17.8 Å². The number of aromatic amines is 1. The molecule has 3 aromatic rings.